The van der Waals surface area contributed by atoms with Crippen LogP contribution in [0, 0.1) is 40.4 Å². The van der Waals surface area contributed by atoms with E-state index in [0.717, 1.165) is 36.5 Å². The highest BCUT2D eigenvalue weighted by Crippen LogP contribution is 2.67. The standard InChI is InChI=1S/C22H37NO2/c1-14(23-25-4)18-7-8-19-17-6-5-15-13-16(24)9-11-21(15,2)20(17)10-12-22(18,19)3/h15-20,24H,5-13H2,1-4H3/b23-14-/t15-,16+,17-,18+,19-,20-,21-,22+/m0/s1. The molecule has 0 amide bonds. The summed E-state index contributed by atoms with van der Waals surface area (Å²) in [4.78, 5) is 5.11. The molecule has 4 saturated carbocycles. The number of oxime groups is 1. The maximum atomic E-state index is 10.2. The lowest BCUT2D eigenvalue weighted by atomic mass is 9.44. The van der Waals surface area contributed by atoms with E-state index in [-0.39, 0.29) is 6.10 Å². The molecule has 0 heterocycles. The van der Waals surface area contributed by atoms with Crippen LogP contribution in [-0.2, 0) is 4.84 Å². The number of nitrogens with zero attached hydrogens (tertiary/aromatic N) is 1. The van der Waals surface area contributed by atoms with Gasteiger partial charge in [-0.25, -0.2) is 0 Å². The van der Waals surface area contributed by atoms with E-state index < -0.39 is 0 Å². The van der Waals surface area contributed by atoms with Crippen molar-refractivity contribution in [2.45, 2.75) is 84.7 Å². The highest BCUT2D eigenvalue weighted by atomic mass is 16.6. The Kier molecular flexibility index (Phi) is 4.46. The maximum Gasteiger partial charge on any atom is 0.106 e. The molecule has 0 aromatic carbocycles. The van der Waals surface area contributed by atoms with Gasteiger partial charge in [-0.15, -0.1) is 0 Å². The quantitative estimate of drug-likeness (QED) is 0.562. The number of aliphatic hydroxyl groups excluding tert-OH is 1. The minimum absolute atomic E-state index is 0.0350. The molecule has 0 aromatic rings. The third kappa shape index (κ3) is 2.59. The third-order valence-corrected chi connectivity index (χ3v) is 9.38. The Morgan fingerprint density at radius 1 is 0.960 bits per heavy atom. The molecule has 0 radical (unpaired) electrons. The van der Waals surface area contributed by atoms with Gasteiger partial charge in [-0.05, 0) is 99.2 Å². The van der Waals surface area contributed by atoms with E-state index >= 15 is 0 Å². The Balaban J connectivity index is 1.59. The van der Waals surface area contributed by atoms with Crippen LogP contribution < -0.4 is 0 Å². The molecule has 0 aromatic heterocycles. The van der Waals surface area contributed by atoms with E-state index in [4.69, 9.17) is 4.84 Å². The monoisotopic (exact) mass is 347 g/mol. The van der Waals surface area contributed by atoms with Crippen molar-refractivity contribution in [3.63, 3.8) is 0 Å². The molecule has 142 valence electrons. The summed E-state index contributed by atoms with van der Waals surface area (Å²) in [5.74, 6) is 4.02. The molecule has 0 spiro atoms. The molecule has 4 fully saturated rings. The van der Waals surface area contributed by atoms with Gasteiger partial charge in [0.05, 0.1) is 11.8 Å². The molecule has 25 heavy (non-hydrogen) atoms. The first-order valence-electron chi connectivity index (χ1n) is 10.7. The minimum Gasteiger partial charge on any atom is -0.399 e. The number of hydrogen-bond donors (Lipinski definition) is 1. The molecule has 4 rings (SSSR count). The van der Waals surface area contributed by atoms with Gasteiger partial charge in [0.15, 0.2) is 0 Å². The zero-order valence-corrected chi connectivity index (χ0v) is 16.6. The van der Waals surface area contributed by atoms with Crippen LogP contribution in [0.4, 0.5) is 0 Å². The molecular weight excluding hydrogens is 310 g/mol. The van der Waals surface area contributed by atoms with Gasteiger partial charge >= 0.3 is 0 Å². The van der Waals surface area contributed by atoms with Crippen molar-refractivity contribution in [3.8, 4) is 0 Å². The lowest BCUT2D eigenvalue weighted by molar-refractivity contribution is -0.123. The molecule has 0 bridgehead atoms. The van der Waals surface area contributed by atoms with E-state index in [9.17, 15) is 5.11 Å². The Morgan fingerprint density at radius 3 is 2.44 bits per heavy atom. The van der Waals surface area contributed by atoms with Gasteiger partial charge in [-0.2, -0.15) is 0 Å². The van der Waals surface area contributed by atoms with Crippen molar-refractivity contribution >= 4 is 5.71 Å². The van der Waals surface area contributed by atoms with Crippen LogP contribution in [0.3, 0.4) is 0 Å². The summed E-state index contributed by atoms with van der Waals surface area (Å²) < 4.78 is 0. The van der Waals surface area contributed by atoms with Crippen LogP contribution in [0.1, 0.15) is 78.6 Å². The first-order valence-corrected chi connectivity index (χ1v) is 10.7. The maximum absolute atomic E-state index is 10.2. The van der Waals surface area contributed by atoms with E-state index in [0.29, 0.717) is 16.7 Å². The van der Waals surface area contributed by atoms with Gasteiger partial charge in [-0.1, -0.05) is 19.0 Å². The second kappa shape index (κ2) is 6.25. The summed E-state index contributed by atoms with van der Waals surface area (Å²) in [5, 5.41) is 14.5. The first-order chi connectivity index (χ1) is 11.9. The Hall–Kier alpha value is -0.570. The lowest BCUT2D eigenvalue weighted by Gasteiger charge is -2.61. The highest BCUT2D eigenvalue weighted by Gasteiger charge is 2.60. The number of rotatable bonds is 2. The van der Waals surface area contributed by atoms with Crippen molar-refractivity contribution in [1.82, 2.24) is 0 Å². The summed E-state index contributed by atoms with van der Waals surface area (Å²) >= 11 is 0. The molecule has 4 aliphatic carbocycles. The van der Waals surface area contributed by atoms with Crippen molar-refractivity contribution in [1.29, 1.82) is 0 Å². The van der Waals surface area contributed by atoms with Crippen molar-refractivity contribution in [3.05, 3.63) is 0 Å². The van der Waals surface area contributed by atoms with Crippen LogP contribution in [0.2, 0.25) is 0 Å². The van der Waals surface area contributed by atoms with E-state index in [1.807, 2.05) is 0 Å². The number of hydrogen-bond acceptors (Lipinski definition) is 3. The van der Waals surface area contributed by atoms with Gasteiger partial charge in [0.2, 0.25) is 0 Å². The second-order valence-electron chi connectivity index (χ2n) is 10.2. The van der Waals surface area contributed by atoms with Crippen LogP contribution in [0.25, 0.3) is 0 Å². The molecule has 0 unspecified atom stereocenters. The molecule has 3 nitrogen and oxygen atoms in total. The Labute approximate surface area is 153 Å². The summed E-state index contributed by atoms with van der Waals surface area (Å²) in [5.41, 5.74) is 2.12. The first kappa shape index (κ1) is 17.8. The van der Waals surface area contributed by atoms with Gasteiger partial charge in [0, 0.05) is 5.92 Å². The normalized spacial score (nSPS) is 52.9. The highest BCUT2D eigenvalue weighted by molar-refractivity contribution is 5.85. The van der Waals surface area contributed by atoms with Gasteiger partial charge in [-0.3, -0.25) is 0 Å². The zero-order chi connectivity index (χ0) is 17.8. The fraction of sp³-hybridized carbons (Fsp3) is 0.955. The molecule has 8 atom stereocenters. The average Bonchev–Trinajstić information content (AvgIpc) is 2.93. The van der Waals surface area contributed by atoms with E-state index in [1.54, 1.807) is 7.11 Å². The Morgan fingerprint density at radius 2 is 1.68 bits per heavy atom. The summed E-state index contributed by atoms with van der Waals surface area (Å²) in [6.45, 7) is 7.31. The predicted molar refractivity (Wildman–Crippen MR) is 101 cm³/mol. The van der Waals surface area contributed by atoms with Crippen LogP contribution in [0.15, 0.2) is 5.16 Å². The van der Waals surface area contributed by atoms with Gasteiger partial charge in [0.1, 0.15) is 7.11 Å². The van der Waals surface area contributed by atoms with Gasteiger partial charge in [0.25, 0.3) is 0 Å². The SMILES string of the molecule is CO/N=C(/C)[C@H]1CC[C@H]2[C@@H]3CC[C@H]4C[C@H](O)CC[C@]4(C)[C@H]3CC[C@]12C. The number of aliphatic hydroxyl groups is 1. The summed E-state index contributed by atoms with van der Waals surface area (Å²) in [6, 6.07) is 0. The fourth-order valence-corrected chi connectivity index (χ4v) is 8.13. The summed E-state index contributed by atoms with van der Waals surface area (Å²) in [7, 11) is 1.68. The molecule has 4 aliphatic rings. The van der Waals surface area contributed by atoms with Crippen LogP contribution in [-0.4, -0.2) is 24.0 Å². The van der Waals surface area contributed by atoms with Crippen molar-refractivity contribution in [2.24, 2.45) is 45.6 Å². The number of fused-ring (bicyclic) bond motifs is 5. The predicted octanol–water partition coefficient (Wildman–Crippen LogP) is 5.03. The lowest BCUT2D eigenvalue weighted by Crippen LogP contribution is -2.54. The van der Waals surface area contributed by atoms with Gasteiger partial charge < -0.3 is 9.94 Å². The third-order valence-electron chi connectivity index (χ3n) is 9.38. The minimum atomic E-state index is -0.0350. The van der Waals surface area contributed by atoms with Crippen LogP contribution >= 0.6 is 0 Å². The molecule has 0 saturated heterocycles. The fourth-order valence-electron chi connectivity index (χ4n) is 8.13. The molecule has 0 aliphatic heterocycles. The largest absolute Gasteiger partial charge is 0.399 e. The average molecular weight is 348 g/mol. The van der Waals surface area contributed by atoms with E-state index in [1.165, 1.54) is 50.7 Å². The zero-order valence-electron chi connectivity index (χ0n) is 16.6. The Bertz CT molecular complexity index is 546. The van der Waals surface area contributed by atoms with Crippen molar-refractivity contribution in [2.75, 3.05) is 7.11 Å². The smallest absolute Gasteiger partial charge is 0.106 e. The van der Waals surface area contributed by atoms with Crippen LogP contribution in [0.5, 0.6) is 0 Å². The second-order valence-corrected chi connectivity index (χ2v) is 10.2. The topological polar surface area (TPSA) is 41.8 Å². The molecule has 3 heteroatoms. The molecular formula is C22H37NO2. The molecule has 1 N–H and O–H groups in total. The summed E-state index contributed by atoms with van der Waals surface area (Å²) in [6.07, 6.45) is 11.4. The van der Waals surface area contributed by atoms with Crippen molar-refractivity contribution < 1.29 is 9.94 Å². The van der Waals surface area contributed by atoms with E-state index in [2.05, 4.69) is 25.9 Å².